The fraction of sp³-hybridized carbons (Fsp3) is 0.500. The molecule has 1 amide bonds. The number of hydrogen-bond donors (Lipinski definition) is 1. The third kappa shape index (κ3) is 5.81. The van der Waals surface area contributed by atoms with E-state index in [0.29, 0.717) is 10.7 Å². The van der Waals surface area contributed by atoms with Crippen molar-refractivity contribution in [3.8, 4) is 0 Å². The van der Waals surface area contributed by atoms with Crippen LogP contribution in [0.2, 0.25) is 5.02 Å². The minimum atomic E-state index is -2.78. The third-order valence-corrected chi connectivity index (χ3v) is 5.09. The van der Waals surface area contributed by atoms with Crippen LogP contribution in [0, 0.1) is 0 Å². The number of amides is 1. The first kappa shape index (κ1) is 24.8. The van der Waals surface area contributed by atoms with E-state index in [4.69, 9.17) is 11.6 Å². The van der Waals surface area contributed by atoms with Crippen LogP contribution < -0.4 is 5.32 Å². The molecular weight excluding hydrogens is 424 g/mol. The summed E-state index contributed by atoms with van der Waals surface area (Å²) in [4.78, 5) is 16.8. The van der Waals surface area contributed by atoms with E-state index in [9.17, 15) is 13.6 Å². The zero-order valence-corrected chi connectivity index (χ0v) is 19.2. The van der Waals surface area contributed by atoms with Crippen LogP contribution in [0.15, 0.2) is 30.7 Å². The predicted molar refractivity (Wildman–Crippen MR) is 120 cm³/mol. The van der Waals surface area contributed by atoms with E-state index in [1.807, 2.05) is 27.7 Å². The molecule has 6 nitrogen and oxygen atoms in total. The molecule has 1 aliphatic rings. The van der Waals surface area contributed by atoms with Crippen LogP contribution in [0.3, 0.4) is 0 Å². The average Bonchev–Trinajstić information content (AvgIpc) is 3.41. The maximum absolute atomic E-state index is 13.4. The van der Waals surface area contributed by atoms with Gasteiger partial charge in [-0.2, -0.15) is 5.10 Å². The summed E-state index contributed by atoms with van der Waals surface area (Å²) in [6.07, 6.45) is 6.74. The van der Waals surface area contributed by atoms with Gasteiger partial charge in [0.15, 0.2) is 5.69 Å². The van der Waals surface area contributed by atoms with Crippen molar-refractivity contribution in [2.45, 2.75) is 72.3 Å². The number of aromatic nitrogens is 4. The Hall–Kier alpha value is -2.48. The lowest BCUT2D eigenvalue weighted by Gasteiger charge is -2.21. The second-order valence-corrected chi connectivity index (χ2v) is 7.11. The lowest BCUT2D eigenvalue weighted by molar-refractivity contribution is 0.102. The molecule has 0 unspecified atom stereocenters. The number of anilines is 1. The molecule has 1 N–H and O–H groups in total. The molecule has 0 saturated heterocycles. The average molecular weight is 454 g/mol. The van der Waals surface area contributed by atoms with Gasteiger partial charge in [0.05, 0.1) is 22.9 Å². The van der Waals surface area contributed by atoms with Crippen LogP contribution in [-0.4, -0.2) is 25.1 Å². The summed E-state index contributed by atoms with van der Waals surface area (Å²) in [6, 6.07) is 3.43. The lowest BCUT2D eigenvalue weighted by atomic mass is 9.96. The van der Waals surface area contributed by atoms with E-state index in [-0.39, 0.29) is 17.4 Å². The smallest absolute Gasteiger partial charge is 0.284 e. The van der Waals surface area contributed by atoms with Crippen molar-refractivity contribution in [1.82, 2.24) is 19.2 Å². The number of alkyl halides is 2. The molecule has 0 atom stereocenters. The van der Waals surface area contributed by atoms with E-state index in [1.54, 1.807) is 23.0 Å². The molecule has 31 heavy (non-hydrogen) atoms. The van der Waals surface area contributed by atoms with Crippen molar-refractivity contribution in [3.05, 3.63) is 47.1 Å². The maximum Gasteiger partial charge on any atom is 0.284 e. The Bertz CT molecular complexity index is 980. The zero-order valence-electron chi connectivity index (χ0n) is 18.4. The van der Waals surface area contributed by atoms with Gasteiger partial charge in [-0.3, -0.25) is 13.9 Å². The van der Waals surface area contributed by atoms with Gasteiger partial charge in [-0.25, -0.2) is 13.8 Å². The molecule has 1 fully saturated rings. The summed E-state index contributed by atoms with van der Waals surface area (Å²) in [5.41, 5.74) is 0.355. The molecular formula is C22H30ClF2N5O. The summed E-state index contributed by atoms with van der Waals surface area (Å²) in [5.74, 6) is -0.546. The first-order valence-corrected chi connectivity index (χ1v) is 11.2. The van der Waals surface area contributed by atoms with Gasteiger partial charge in [0.2, 0.25) is 0 Å². The Morgan fingerprint density at radius 3 is 2.45 bits per heavy atom. The van der Waals surface area contributed by atoms with Crippen molar-refractivity contribution in [3.63, 3.8) is 0 Å². The molecule has 170 valence electrons. The van der Waals surface area contributed by atoms with Crippen molar-refractivity contribution >= 4 is 28.8 Å². The molecule has 3 aromatic heterocycles. The van der Waals surface area contributed by atoms with E-state index in [1.165, 1.54) is 16.8 Å². The largest absolute Gasteiger partial charge is 0.318 e. The number of imidazole rings is 1. The number of nitrogens with one attached hydrogen (secondary N) is 1. The quantitative estimate of drug-likeness (QED) is 0.465. The Morgan fingerprint density at radius 2 is 1.81 bits per heavy atom. The van der Waals surface area contributed by atoms with Crippen molar-refractivity contribution in [1.29, 1.82) is 0 Å². The number of rotatable bonds is 4. The van der Waals surface area contributed by atoms with Crippen LogP contribution in [0.5, 0.6) is 0 Å². The van der Waals surface area contributed by atoms with E-state index >= 15 is 0 Å². The third-order valence-electron chi connectivity index (χ3n) is 4.87. The first-order valence-electron chi connectivity index (χ1n) is 10.8. The number of fused-ring (bicyclic) bond motifs is 1. The number of nitrogens with zero attached hydrogens (tertiary/aromatic N) is 4. The maximum atomic E-state index is 13.4. The van der Waals surface area contributed by atoms with Crippen molar-refractivity contribution in [2.24, 2.45) is 0 Å². The number of pyridine rings is 1. The van der Waals surface area contributed by atoms with Gasteiger partial charge >= 0.3 is 0 Å². The topological polar surface area (TPSA) is 64.2 Å². The Morgan fingerprint density at radius 1 is 1.13 bits per heavy atom. The van der Waals surface area contributed by atoms with Gasteiger partial charge < -0.3 is 5.32 Å². The van der Waals surface area contributed by atoms with Gasteiger partial charge in [0, 0.05) is 12.4 Å². The standard InChI is InChI=1S/C18H18ClF2N5O.2C2H6/c19-11-6-7-15-22-8-14(25(15)9-11)18(27)23-13-10-26(24-16(13)17(20)21)12-4-2-1-3-5-12;2*1-2/h6-10,12,17H,1-5H2,(H,23,27);2*1-2H3. The molecule has 1 aliphatic carbocycles. The Labute approximate surface area is 186 Å². The van der Waals surface area contributed by atoms with Crippen molar-refractivity contribution < 1.29 is 13.6 Å². The monoisotopic (exact) mass is 453 g/mol. The Kier molecular flexibility index (Phi) is 9.43. The van der Waals surface area contributed by atoms with Crippen LogP contribution in [0.1, 0.15) is 88.4 Å². The Balaban J connectivity index is 0.000000807. The van der Waals surface area contributed by atoms with Gasteiger partial charge in [0.1, 0.15) is 11.3 Å². The van der Waals surface area contributed by atoms with Gasteiger partial charge in [-0.1, -0.05) is 58.6 Å². The second-order valence-electron chi connectivity index (χ2n) is 6.67. The minimum absolute atomic E-state index is 0.0255. The summed E-state index contributed by atoms with van der Waals surface area (Å²) in [5, 5.41) is 7.05. The molecule has 0 aromatic carbocycles. The first-order chi connectivity index (χ1) is 15.0. The lowest BCUT2D eigenvalue weighted by Crippen LogP contribution is -2.15. The fourth-order valence-electron chi connectivity index (χ4n) is 3.50. The predicted octanol–water partition coefficient (Wildman–Crippen LogP) is 6.93. The van der Waals surface area contributed by atoms with Crippen molar-refractivity contribution in [2.75, 3.05) is 5.32 Å². The highest BCUT2D eigenvalue weighted by Gasteiger charge is 2.25. The molecule has 0 radical (unpaired) electrons. The normalized spacial score (nSPS) is 13.9. The fourth-order valence-corrected chi connectivity index (χ4v) is 3.67. The van der Waals surface area contributed by atoms with Gasteiger partial charge in [0.25, 0.3) is 12.3 Å². The van der Waals surface area contributed by atoms with E-state index in [0.717, 1.165) is 32.1 Å². The molecule has 4 rings (SSSR count). The molecule has 3 heterocycles. The van der Waals surface area contributed by atoms with E-state index < -0.39 is 18.0 Å². The number of carbonyl (C=O) groups is 1. The van der Waals surface area contributed by atoms with Crippen LogP contribution in [0.4, 0.5) is 14.5 Å². The minimum Gasteiger partial charge on any atom is -0.318 e. The molecule has 0 bridgehead atoms. The molecule has 0 aliphatic heterocycles. The second kappa shape index (κ2) is 11.8. The SMILES string of the molecule is CC.CC.O=C(Nc1cn(C2CCCCC2)nc1C(F)F)c1cnc2ccc(Cl)cn12. The highest BCUT2D eigenvalue weighted by atomic mass is 35.5. The van der Waals surface area contributed by atoms with Crippen LogP contribution >= 0.6 is 11.6 Å². The number of carbonyl (C=O) groups excluding carboxylic acids is 1. The van der Waals surface area contributed by atoms with Gasteiger partial charge in [-0.05, 0) is 25.0 Å². The number of halogens is 3. The molecule has 3 aromatic rings. The number of hydrogen-bond acceptors (Lipinski definition) is 3. The highest BCUT2D eigenvalue weighted by molar-refractivity contribution is 6.30. The van der Waals surface area contributed by atoms with Crippen LogP contribution in [-0.2, 0) is 0 Å². The summed E-state index contributed by atoms with van der Waals surface area (Å²) < 4.78 is 30.0. The summed E-state index contributed by atoms with van der Waals surface area (Å²) in [7, 11) is 0. The molecule has 9 heteroatoms. The zero-order chi connectivity index (χ0) is 23.0. The van der Waals surface area contributed by atoms with E-state index in [2.05, 4.69) is 15.4 Å². The summed E-state index contributed by atoms with van der Waals surface area (Å²) >= 11 is 5.98. The summed E-state index contributed by atoms with van der Waals surface area (Å²) in [6.45, 7) is 8.00. The molecule has 0 spiro atoms. The highest BCUT2D eigenvalue weighted by Crippen LogP contribution is 2.32. The van der Waals surface area contributed by atoms with Gasteiger partial charge in [-0.15, -0.1) is 0 Å². The molecule has 1 saturated carbocycles. The van der Waals surface area contributed by atoms with Crippen LogP contribution in [0.25, 0.3) is 5.65 Å².